The van der Waals surface area contributed by atoms with Crippen molar-refractivity contribution in [2.24, 2.45) is 5.92 Å². The third-order valence-corrected chi connectivity index (χ3v) is 4.53. The molecule has 0 amide bonds. The van der Waals surface area contributed by atoms with E-state index in [1.807, 2.05) is 31.2 Å². The molecular formula is C17H20N4O2S. The Hall–Kier alpha value is -2.15. The molecule has 0 N–H and O–H groups in total. The van der Waals surface area contributed by atoms with E-state index in [1.165, 1.54) is 11.8 Å². The van der Waals surface area contributed by atoms with Crippen molar-refractivity contribution >= 4 is 22.7 Å². The van der Waals surface area contributed by atoms with Crippen LogP contribution >= 0.6 is 11.8 Å². The largest absolute Gasteiger partial charge is 0.338 e. The Balaban J connectivity index is 1.84. The lowest BCUT2D eigenvalue weighted by Gasteiger charge is -2.10. The molecule has 0 aliphatic carbocycles. The topological polar surface area (TPSA) is 73.8 Å². The standard InChI is InChI=1S/C17H20N4O2S/c1-4-21-16(22)12-7-5-6-8-13(12)18-17(21)24-10-15-19-14(20-23-15)9-11(2)3/h5-8,11H,4,9-10H2,1-3H3. The molecule has 1 aromatic carbocycles. The van der Waals surface area contributed by atoms with E-state index < -0.39 is 0 Å². The van der Waals surface area contributed by atoms with Crippen molar-refractivity contribution < 1.29 is 4.52 Å². The molecular weight excluding hydrogens is 324 g/mol. The number of fused-ring (bicyclic) bond motifs is 1. The number of benzene rings is 1. The molecule has 7 heteroatoms. The summed E-state index contributed by atoms with van der Waals surface area (Å²) in [6, 6.07) is 7.40. The fourth-order valence-electron chi connectivity index (χ4n) is 2.46. The van der Waals surface area contributed by atoms with Gasteiger partial charge in [-0.2, -0.15) is 4.98 Å². The predicted molar refractivity (Wildman–Crippen MR) is 94.1 cm³/mol. The Labute approximate surface area is 144 Å². The molecule has 0 aliphatic rings. The van der Waals surface area contributed by atoms with Crippen molar-refractivity contribution in [3.05, 3.63) is 46.3 Å². The molecule has 6 nitrogen and oxygen atoms in total. The highest BCUT2D eigenvalue weighted by molar-refractivity contribution is 7.98. The van der Waals surface area contributed by atoms with Crippen LogP contribution in [0.4, 0.5) is 0 Å². The predicted octanol–water partition coefficient (Wildman–Crippen LogP) is 3.29. The molecule has 0 fully saturated rings. The average Bonchev–Trinajstić information content (AvgIpc) is 3.00. The molecule has 0 atom stereocenters. The van der Waals surface area contributed by atoms with Crippen LogP contribution in [-0.2, 0) is 18.7 Å². The van der Waals surface area contributed by atoms with Gasteiger partial charge in [0.1, 0.15) is 0 Å². The van der Waals surface area contributed by atoms with E-state index in [1.54, 1.807) is 4.57 Å². The van der Waals surface area contributed by atoms with Crippen LogP contribution in [0.2, 0.25) is 0 Å². The van der Waals surface area contributed by atoms with Gasteiger partial charge in [0, 0.05) is 13.0 Å². The van der Waals surface area contributed by atoms with Gasteiger partial charge in [-0.1, -0.05) is 42.9 Å². The minimum absolute atomic E-state index is 0.0170. The fourth-order valence-corrected chi connectivity index (χ4v) is 3.36. The van der Waals surface area contributed by atoms with Gasteiger partial charge in [-0.05, 0) is 25.0 Å². The lowest BCUT2D eigenvalue weighted by molar-refractivity contribution is 0.382. The van der Waals surface area contributed by atoms with Crippen LogP contribution < -0.4 is 5.56 Å². The summed E-state index contributed by atoms with van der Waals surface area (Å²) in [7, 11) is 0. The molecule has 24 heavy (non-hydrogen) atoms. The molecule has 3 aromatic rings. The Morgan fingerprint density at radius 2 is 2.04 bits per heavy atom. The molecule has 0 saturated heterocycles. The van der Waals surface area contributed by atoms with Crippen LogP contribution in [0, 0.1) is 5.92 Å². The molecule has 0 saturated carbocycles. The van der Waals surface area contributed by atoms with Gasteiger partial charge >= 0.3 is 0 Å². The lowest BCUT2D eigenvalue weighted by atomic mass is 10.1. The Kier molecular flexibility index (Phi) is 4.99. The van der Waals surface area contributed by atoms with Crippen LogP contribution in [0.3, 0.4) is 0 Å². The maximum atomic E-state index is 12.6. The smallest absolute Gasteiger partial charge is 0.262 e. The SMILES string of the molecule is CCn1c(SCc2nc(CC(C)C)no2)nc2ccccc2c1=O. The van der Waals surface area contributed by atoms with Gasteiger partial charge in [0.15, 0.2) is 11.0 Å². The van der Waals surface area contributed by atoms with E-state index >= 15 is 0 Å². The summed E-state index contributed by atoms with van der Waals surface area (Å²) < 4.78 is 6.96. The van der Waals surface area contributed by atoms with E-state index in [4.69, 9.17) is 4.52 Å². The van der Waals surface area contributed by atoms with Crippen molar-refractivity contribution in [2.45, 2.75) is 44.6 Å². The second kappa shape index (κ2) is 7.17. The molecule has 2 heterocycles. The zero-order chi connectivity index (χ0) is 17.1. The van der Waals surface area contributed by atoms with Crippen LogP contribution in [0.25, 0.3) is 10.9 Å². The van der Waals surface area contributed by atoms with Gasteiger partial charge in [0.25, 0.3) is 5.56 Å². The Morgan fingerprint density at radius 3 is 2.79 bits per heavy atom. The quantitative estimate of drug-likeness (QED) is 0.505. The number of thioether (sulfide) groups is 1. The number of nitrogens with zero attached hydrogens (tertiary/aromatic N) is 4. The van der Waals surface area contributed by atoms with Crippen LogP contribution in [0.5, 0.6) is 0 Å². The summed E-state index contributed by atoms with van der Waals surface area (Å²) in [6.45, 7) is 6.74. The number of rotatable bonds is 6. The van der Waals surface area contributed by atoms with Crippen molar-refractivity contribution in [1.29, 1.82) is 0 Å². The van der Waals surface area contributed by atoms with Gasteiger partial charge in [-0.3, -0.25) is 9.36 Å². The summed E-state index contributed by atoms with van der Waals surface area (Å²) >= 11 is 1.44. The van der Waals surface area contributed by atoms with Crippen molar-refractivity contribution in [2.75, 3.05) is 0 Å². The van der Waals surface area contributed by atoms with E-state index in [-0.39, 0.29) is 5.56 Å². The Morgan fingerprint density at radius 1 is 1.25 bits per heavy atom. The van der Waals surface area contributed by atoms with Gasteiger partial charge in [-0.25, -0.2) is 4.98 Å². The van der Waals surface area contributed by atoms with Gasteiger partial charge in [0.05, 0.1) is 16.7 Å². The Bertz CT molecular complexity index is 901. The third kappa shape index (κ3) is 3.51. The molecule has 0 spiro atoms. The zero-order valence-electron chi connectivity index (χ0n) is 14.0. The summed E-state index contributed by atoms with van der Waals surface area (Å²) in [6.07, 6.45) is 0.794. The molecule has 126 valence electrons. The highest BCUT2D eigenvalue weighted by Gasteiger charge is 2.13. The van der Waals surface area contributed by atoms with E-state index in [2.05, 4.69) is 29.0 Å². The first-order chi connectivity index (χ1) is 11.6. The van der Waals surface area contributed by atoms with E-state index in [0.717, 1.165) is 12.2 Å². The molecule has 3 rings (SSSR count). The van der Waals surface area contributed by atoms with Crippen LogP contribution in [-0.4, -0.2) is 19.7 Å². The van der Waals surface area contributed by atoms with Gasteiger partial charge in [0.2, 0.25) is 5.89 Å². The maximum Gasteiger partial charge on any atom is 0.262 e. The van der Waals surface area contributed by atoms with Gasteiger partial charge < -0.3 is 4.52 Å². The molecule has 0 radical (unpaired) electrons. The first-order valence-electron chi connectivity index (χ1n) is 8.02. The van der Waals surface area contributed by atoms with E-state index in [9.17, 15) is 4.79 Å². The van der Waals surface area contributed by atoms with Crippen molar-refractivity contribution in [1.82, 2.24) is 19.7 Å². The number of hydrogen-bond acceptors (Lipinski definition) is 6. The lowest BCUT2D eigenvalue weighted by Crippen LogP contribution is -2.22. The highest BCUT2D eigenvalue weighted by atomic mass is 32.2. The first-order valence-corrected chi connectivity index (χ1v) is 9.01. The average molecular weight is 344 g/mol. The molecule has 0 aliphatic heterocycles. The fraction of sp³-hybridized carbons (Fsp3) is 0.412. The zero-order valence-corrected chi connectivity index (χ0v) is 14.8. The highest BCUT2D eigenvalue weighted by Crippen LogP contribution is 2.21. The summed E-state index contributed by atoms with van der Waals surface area (Å²) in [5, 5.41) is 5.30. The minimum atomic E-state index is -0.0170. The van der Waals surface area contributed by atoms with Crippen molar-refractivity contribution in [3.8, 4) is 0 Å². The second-order valence-corrected chi connectivity index (χ2v) is 6.89. The normalized spacial score (nSPS) is 11.5. The summed E-state index contributed by atoms with van der Waals surface area (Å²) in [5.74, 6) is 2.26. The number of para-hydroxylation sites is 1. The molecule has 0 bridgehead atoms. The summed E-state index contributed by atoms with van der Waals surface area (Å²) in [4.78, 5) is 21.6. The minimum Gasteiger partial charge on any atom is -0.338 e. The summed E-state index contributed by atoms with van der Waals surface area (Å²) in [5.41, 5.74) is 0.692. The third-order valence-electron chi connectivity index (χ3n) is 3.57. The van der Waals surface area contributed by atoms with Gasteiger partial charge in [-0.15, -0.1) is 0 Å². The van der Waals surface area contributed by atoms with Crippen LogP contribution in [0.15, 0.2) is 38.7 Å². The molecule has 2 aromatic heterocycles. The first kappa shape index (κ1) is 16.7. The maximum absolute atomic E-state index is 12.6. The second-order valence-electron chi connectivity index (χ2n) is 5.95. The molecule has 0 unspecified atom stereocenters. The number of hydrogen-bond donors (Lipinski definition) is 0. The van der Waals surface area contributed by atoms with Crippen molar-refractivity contribution in [3.63, 3.8) is 0 Å². The number of aromatic nitrogens is 4. The van der Waals surface area contributed by atoms with Crippen LogP contribution in [0.1, 0.15) is 32.5 Å². The monoisotopic (exact) mass is 344 g/mol. The van der Waals surface area contributed by atoms with E-state index in [0.29, 0.717) is 40.2 Å².